The van der Waals surface area contributed by atoms with Crippen molar-refractivity contribution in [2.24, 2.45) is 17.3 Å². The number of imide groups is 1. The van der Waals surface area contributed by atoms with Gasteiger partial charge in [0.25, 0.3) is 5.91 Å². The van der Waals surface area contributed by atoms with Gasteiger partial charge in [0.1, 0.15) is 12.1 Å². The van der Waals surface area contributed by atoms with Crippen molar-refractivity contribution in [3.8, 4) is 0 Å². The number of halogens is 1. The first kappa shape index (κ1) is 17.1. The molecule has 5 rings (SSSR count). The lowest BCUT2D eigenvalue weighted by Crippen LogP contribution is -2.56. The summed E-state index contributed by atoms with van der Waals surface area (Å²) < 4.78 is 5.53. The van der Waals surface area contributed by atoms with Crippen LogP contribution in [0.1, 0.15) is 52.4 Å². The fourth-order valence-corrected chi connectivity index (χ4v) is 6.49. The Morgan fingerprint density at radius 3 is 2.40 bits per heavy atom. The highest BCUT2D eigenvalue weighted by molar-refractivity contribution is 6.24. The lowest BCUT2D eigenvalue weighted by Gasteiger charge is -2.58. The summed E-state index contributed by atoms with van der Waals surface area (Å²) in [7, 11) is 0. The maximum atomic E-state index is 12.8. The smallest absolute Gasteiger partial charge is 0.325 e. The van der Waals surface area contributed by atoms with Crippen LogP contribution >= 0.6 is 11.6 Å². The molecule has 0 spiro atoms. The van der Waals surface area contributed by atoms with E-state index in [9.17, 15) is 14.4 Å². The molecule has 25 heavy (non-hydrogen) atoms. The molecule has 1 aliphatic heterocycles. The average molecular weight is 369 g/mol. The Labute approximate surface area is 152 Å². The highest BCUT2D eigenvalue weighted by Gasteiger charge is 2.60. The van der Waals surface area contributed by atoms with Crippen molar-refractivity contribution in [1.29, 1.82) is 0 Å². The summed E-state index contributed by atoms with van der Waals surface area (Å²) in [5, 5.41) is 2.62. The molecule has 2 unspecified atom stereocenters. The van der Waals surface area contributed by atoms with Crippen LogP contribution in [0.2, 0.25) is 0 Å². The van der Waals surface area contributed by atoms with E-state index < -0.39 is 17.0 Å². The van der Waals surface area contributed by atoms with E-state index in [-0.39, 0.29) is 29.9 Å². The molecule has 3 amide bonds. The topological polar surface area (TPSA) is 75.7 Å². The van der Waals surface area contributed by atoms with Gasteiger partial charge in [-0.3, -0.25) is 14.5 Å². The number of hydrogen-bond acceptors (Lipinski definition) is 4. The fraction of sp³-hybridized carbons (Fsp3) is 0.833. The summed E-state index contributed by atoms with van der Waals surface area (Å²) in [6, 6.07) is -0.430. The van der Waals surface area contributed by atoms with E-state index in [2.05, 4.69) is 5.32 Å². The number of carbonyl (C=O) groups excluding carboxylic acids is 3. The lowest BCUT2D eigenvalue weighted by atomic mass is 9.49. The second-order valence-corrected chi connectivity index (χ2v) is 9.84. The van der Waals surface area contributed by atoms with E-state index in [1.165, 1.54) is 6.42 Å². The molecule has 4 bridgehead atoms. The van der Waals surface area contributed by atoms with Crippen LogP contribution in [0.25, 0.3) is 0 Å². The van der Waals surface area contributed by atoms with E-state index in [4.69, 9.17) is 16.3 Å². The number of alkyl halides is 1. The fourth-order valence-electron chi connectivity index (χ4n) is 5.79. The van der Waals surface area contributed by atoms with E-state index in [1.54, 1.807) is 13.8 Å². The Morgan fingerprint density at radius 2 is 1.88 bits per heavy atom. The van der Waals surface area contributed by atoms with Crippen molar-refractivity contribution < 1.29 is 19.1 Å². The second-order valence-electron chi connectivity index (χ2n) is 9.04. The van der Waals surface area contributed by atoms with E-state index in [0.29, 0.717) is 18.3 Å². The van der Waals surface area contributed by atoms with Gasteiger partial charge in [0.15, 0.2) is 0 Å². The van der Waals surface area contributed by atoms with Gasteiger partial charge in [-0.2, -0.15) is 0 Å². The van der Waals surface area contributed by atoms with E-state index in [1.807, 2.05) is 0 Å². The molecule has 4 saturated carbocycles. The summed E-state index contributed by atoms with van der Waals surface area (Å²) in [6.07, 6.45) is 5.64. The minimum atomic E-state index is -0.897. The van der Waals surface area contributed by atoms with Gasteiger partial charge in [0.05, 0.1) is 12.0 Å². The number of hydrogen-bond donors (Lipinski definition) is 1. The van der Waals surface area contributed by atoms with Crippen LogP contribution in [0.15, 0.2) is 0 Å². The lowest BCUT2D eigenvalue weighted by molar-refractivity contribution is -0.170. The number of rotatable bonds is 4. The molecule has 0 aromatic carbocycles. The molecule has 4 aliphatic carbocycles. The molecule has 0 aromatic heterocycles. The number of nitrogens with zero attached hydrogens (tertiary/aromatic N) is 1. The van der Waals surface area contributed by atoms with Crippen molar-refractivity contribution >= 4 is 29.5 Å². The van der Waals surface area contributed by atoms with Crippen molar-refractivity contribution in [3.05, 3.63) is 0 Å². The highest BCUT2D eigenvalue weighted by Crippen LogP contribution is 2.64. The molecule has 5 fully saturated rings. The van der Waals surface area contributed by atoms with Crippen molar-refractivity contribution in [1.82, 2.24) is 10.2 Å². The number of urea groups is 1. The van der Waals surface area contributed by atoms with Crippen LogP contribution in [-0.2, 0) is 14.3 Å². The van der Waals surface area contributed by atoms with Crippen LogP contribution in [0.3, 0.4) is 0 Å². The number of esters is 1. The standard InChI is InChI=1S/C18H25ClN2O4/c1-16(2)13(22)21(15(24)20-16)3-4-25-14(23)17-6-11-5-12(7-17)9-18(19,8-11)10-17/h11-12H,3-10H2,1-2H3,(H,20,24). The maximum Gasteiger partial charge on any atom is 0.325 e. The molecule has 0 radical (unpaired) electrons. The Hall–Kier alpha value is -1.30. The zero-order valence-electron chi connectivity index (χ0n) is 14.8. The summed E-state index contributed by atoms with van der Waals surface area (Å²) in [4.78, 5) is 37.7. The number of carbonyl (C=O) groups is 3. The SMILES string of the molecule is CC1(C)NC(=O)N(CCOC(=O)C23CC4CC(CC(Cl)(C4)C2)C3)C1=O. The van der Waals surface area contributed by atoms with Gasteiger partial charge in [0, 0.05) is 4.87 Å². The molecule has 6 nitrogen and oxygen atoms in total. The minimum Gasteiger partial charge on any atom is -0.463 e. The predicted octanol–water partition coefficient (Wildman–Crippen LogP) is 2.44. The second kappa shape index (κ2) is 5.35. The average Bonchev–Trinajstić information content (AvgIpc) is 2.66. The highest BCUT2D eigenvalue weighted by atomic mass is 35.5. The van der Waals surface area contributed by atoms with E-state index in [0.717, 1.165) is 30.6 Å². The van der Waals surface area contributed by atoms with Crippen LogP contribution in [0.5, 0.6) is 0 Å². The molecule has 7 heteroatoms. The Balaban J connectivity index is 1.37. The van der Waals surface area contributed by atoms with Gasteiger partial charge in [-0.15, -0.1) is 11.6 Å². The first-order valence-electron chi connectivity index (χ1n) is 9.13. The van der Waals surface area contributed by atoms with Crippen LogP contribution < -0.4 is 5.32 Å². The predicted molar refractivity (Wildman–Crippen MR) is 91.0 cm³/mol. The summed E-state index contributed by atoms with van der Waals surface area (Å²) in [6.45, 7) is 3.46. The molecule has 2 atom stereocenters. The van der Waals surface area contributed by atoms with Crippen molar-refractivity contribution in [3.63, 3.8) is 0 Å². The van der Waals surface area contributed by atoms with Crippen molar-refractivity contribution in [2.75, 3.05) is 13.2 Å². The van der Waals surface area contributed by atoms with Crippen molar-refractivity contribution in [2.45, 2.75) is 62.8 Å². The van der Waals surface area contributed by atoms with Gasteiger partial charge >= 0.3 is 12.0 Å². The molecule has 1 heterocycles. The normalized spacial score (nSPS) is 41.2. The van der Waals surface area contributed by atoms with Crippen LogP contribution in [-0.4, -0.2) is 46.4 Å². The third kappa shape index (κ3) is 2.73. The van der Waals surface area contributed by atoms with Gasteiger partial charge in [0.2, 0.25) is 0 Å². The van der Waals surface area contributed by atoms with Gasteiger partial charge in [-0.05, 0) is 64.2 Å². The number of nitrogens with one attached hydrogen (secondary N) is 1. The van der Waals surface area contributed by atoms with Crippen LogP contribution in [0.4, 0.5) is 4.79 Å². The Morgan fingerprint density at radius 1 is 1.24 bits per heavy atom. The summed E-state index contributed by atoms with van der Waals surface area (Å²) >= 11 is 6.76. The molecule has 138 valence electrons. The third-order valence-corrected chi connectivity index (χ3v) is 6.86. The first-order chi connectivity index (χ1) is 11.6. The monoisotopic (exact) mass is 368 g/mol. The summed E-state index contributed by atoms with van der Waals surface area (Å²) in [5.41, 5.74) is -1.35. The molecular weight excluding hydrogens is 344 g/mol. The molecular formula is C18H25ClN2O4. The quantitative estimate of drug-likeness (QED) is 0.470. The van der Waals surface area contributed by atoms with E-state index >= 15 is 0 Å². The largest absolute Gasteiger partial charge is 0.463 e. The maximum absolute atomic E-state index is 12.8. The van der Waals surface area contributed by atoms with Gasteiger partial charge in [-0.1, -0.05) is 0 Å². The molecule has 1 saturated heterocycles. The Bertz CT molecular complexity index is 633. The molecule has 5 aliphatic rings. The van der Waals surface area contributed by atoms with Gasteiger partial charge in [-0.25, -0.2) is 4.79 Å². The molecule has 1 N–H and O–H groups in total. The van der Waals surface area contributed by atoms with Gasteiger partial charge < -0.3 is 10.1 Å². The van der Waals surface area contributed by atoms with Crippen LogP contribution in [0, 0.1) is 17.3 Å². The molecule has 0 aromatic rings. The zero-order chi connectivity index (χ0) is 18.0. The Kier molecular flexibility index (Phi) is 3.67. The number of amides is 3. The summed E-state index contributed by atoms with van der Waals surface area (Å²) in [5.74, 6) is 0.567. The minimum absolute atomic E-state index is 0.0421. The third-order valence-electron chi connectivity index (χ3n) is 6.42. The number of ether oxygens (including phenoxy) is 1. The zero-order valence-corrected chi connectivity index (χ0v) is 15.5. The first-order valence-corrected chi connectivity index (χ1v) is 9.51.